The molecular formula is C19H27ClN2O4. The Kier molecular flexibility index (Phi) is 6.27. The second-order valence-corrected chi connectivity index (χ2v) is 7.29. The number of rotatable bonds is 5. The van der Waals surface area contributed by atoms with Gasteiger partial charge in [-0.15, -0.1) is 12.4 Å². The number of amides is 1. The molecule has 2 N–H and O–H groups in total. The molecule has 0 radical (unpaired) electrons. The maximum absolute atomic E-state index is 12.4. The number of carbonyl (C=O) groups is 1. The summed E-state index contributed by atoms with van der Waals surface area (Å²) in [5.41, 5.74) is 1.09. The van der Waals surface area contributed by atoms with Gasteiger partial charge in [-0.05, 0) is 61.9 Å². The van der Waals surface area contributed by atoms with E-state index >= 15 is 0 Å². The lowest BCUT2D eigenvalue weighted by Gasteiger charge is -2.37. The van der Waals surface area contributed by atoms with Gasteiger partial charge in [0, 0.05) is 13.5 Å². The summed E-state index contributed by atoms with van der Waals surface area (Å²) in [4.78, 5) is 12.4. The zero-order valence-electron chi connectivity index (χ0n) is 15.0. The molecule has 1 saturated carbocycles. The van der Waals surface area contributed by atoms with Gasteiger partial charge in [-0.25, -0.2) is 0 Å². The van der Waals surface area contributed by atoms with E-state index in [1.54, 1.807) is 7.11 Å². The van der Waals surface area contributed by atoms with Crippen LogP contribution in [0.25, 0.3) is 0 Å². The zero-order valence-corrected chi connectivity index (χ0v) is 15.8. The Bertz CT molecular complexity index is 642. The van der Waals surface area contributed by atoms with E-state index in [0.29, 0.717) is 24.7 Å². The van der Waals surface area contributed by atoms with Gasteiger partial charge in [0.2, 0.25) is 12.7 Å². The van der Waals surface area contributed by atoms with Gasteiger partial charge in [0.05, 0.1) is 12.1 Å². The quantitative estimate of drug-likeness (QED) is 0.814. The number of benzene rings is 1. The molecule has 2 fully saturated rings. The highest BCUT2D eigenvalue weighted by Crippen LogP contribution is 2.34. The average molecular weight is 383 g/mol. The molecule has 0 unspecified atom stereocenters. The summed E-state index contributed by atoms with van der Waals surface area (Å²) < 4.78 is 16.4. The fraction of sp³-hybridized carbons (Fsp3) is 0.632. The van der Waals surface area contributed by atoms with E-state index in [2.05, 4.69) is 10.6 Å². The first-order chi connectivity index (χ1) is 12.2. The molecule has 4 rings (SSSR count). The van der Waals surface area contributed by atoms with E-state index in [-0.39, 0.29) is 37.3 Å². The number of nitrogens with one attached hydrogen (secondary N) is 2. The molecule has 0 bridgehead atoms. The summed E-state index contributed by atoms with van der Waals surface area (Å²) >= 11 is 0. The maximum atomic E-state index is 12.4. The molecule has 144 valence electrons. The summed E-state index contributed by atoms with van der Waals surface area (Å²) in [5, 5.41) is 6.67. The minimum Gasteiger partial charge on any atom is -0.454 e. The minimum atomic E-state index is 0. The molecule has 1 amide bonds. The summed E-state index contributed by atoms with van der Waals surface area (Å²) in [6, 6.07) is 5.98. The van der Waals surface area contributed by atoms with Crippen molar-refractivity contribution < 1.29 is 19.0 Å². The first-order valence-electron chi connectivity index (χ1n) is 9.14. The Hall–Kier alpha value is -1.50. The molecule has 3 aliphatic rings. The van der Waals surface area contributed by atoms with Crippen LogP contribution >= 0.6 is 12.4 Å². The van der Waals surface area contributed by atoms with E-state index < -0.39 is 0 Å². The fourth-order valence-electron chi connectivity index (χ4n) is 4.33. The van der Waals surface area contributed by atoms with Crippen molar-refractivity contribution in [3.8, 4) is 11.5 Å². The number of hydrogen-bond donors (Lipinski definition) is 2. The lowest BCUT2D eigenvalue weighted by molar-refractivity contribution is -0.123. The van der Waals surface area contributed by atoms with Crippen molar-refractivity contribution in [3.63, 3.8) is 0 Å². The number of methoxy groups -OCH3 is 1. The molecule has 2 aliphatic heterocycles. The molecule has 7 heteroatoms. The number of aryl methyl sites for hydroxylation is 1. The molecule has 0 spiro atoms. The number of ether oxygens (including phenoxy) is 3. The zero-order chi connectivity index (χ0) is 17.2. The Morgan fingerprint density at radius 2 is 2.00 bits per heavy atom. The molecule has 6 nitrogen and oxygen atoms in total. The molecule has 1 aliphatic carbocycles. The van der Waals surface area contributed by atoms with Gasteiger partial charge >= 0.3 is 0 Å². The van der Waals surface area contributed by atoms with Gasteiger partial charge in [0.15, 0.2) is 11.5 Å². The van der Waals surface area contributed by atoms with Crippen LogP contribution in [0.4, 0.5) is 0 Å². The van der Waals surface area contributed by atoms with Crippen molar-refractivity contribution in [2.45, 2.75) is 37.8 Å². The third-order valence-electron chi connectivity index (χ3n) is 5.75. The van der Waals surface area contributed by atoms with Gasteiger partial charge in [-0.3, -0.25) is 4.79 Å². The van der Waals surface area contributed by atoms with E-state index in [1.165, 1.54) is 0 Å². The summed E-state index contributed by atoms with van der Waals surface area (Å²) in [6.07, 6.45) is 3.32. The molecule has 1 saturated heterocycles. The molecule has 2 heterocycles. The first-order valence-corrected chi connectivity index (χ1v) is 9.14. The van der Waals surface area contributed by atoms with Crippen molar-refractivity contribution in [2.75, 3.05) is 27.0 Å². The van der Waals surface area contributed by atoms with Crippen molar-refractivity contribution in [1.82, 2.24) is 10.6 Å². The second-order valence-electron chi connectivity index (χ2n) is 7.29. The van der Waals surface area contributed by atoms with Crippen LogP contribution in [0.1, 0.15) is 24.8 Å². The van der Waals surface area contributed by atoms with Crippen LogP contribution in [0.2, 0.25) is 0 Å². The molecule has 1 aromatic carbocycles. The van der Waals surface area contributed by atoms with Crippen LogP contribution in [0, 0.1) is 11.8 Å². The van der Waals surface area contributed by atoms with Gasteiger partial charge in [0.25, 0.3) is 0 Å². The van der Waals surface area contributed by atoms with E-state index in [9.17, 15) is 4.79 Å². The van der Waals surface area contributed by atoms with Crippen LogP contribution in [0.5, 0.6) is 11.5 Å². The van der Waals surface area contributed by atoms with Gasteiger partial charge in [-0.2, -0.15) is 0 Å². The normalized spacial score (nSPS) is 29.0. The van der Waals surface area contributed by atoms with Crippen molar-refractivity contribution in [3.05, 3.63) is 23.8 Å². The van der Waals surface area contributed by atoms with Gasteiger partial charge < -0.3 is 24.8 Å². The molecule has 26 heavy (non-hydrogen) atoms. The van der Waals surface area contributed by atoms with Gasteiger partial charge in [-0.1, -0.05) is 6.07 Å². The summed E-state index contributed by atoms with van der Waals surface area (Å²) in [7, 11) is 1.75. The Morgan fingerprint density at radius 1 is 1.23 bits per heavy atom. The number of carbonyl (C=O) groups excluding carboxylic acids is 1. The molecule has 0 aromatic heterocycles. The first kappa shape index (κ1) is 19.3. The van der Waals surface area contributed by atoms with Crippen LogP contribution in [0.15, 0.2) is 18.2 Å². The third kappa shape index (κ3) is 4.08. The highest BCUT2D eigenvalue weighted by molar-refractivity contribution is 5.85. The number of halogens is 1. The van der Waals surface area contributed by atoms with Crippen molar-refractivity contribution in [1.29, 1.82) is 0 Å². The Morgan fingerprint density at radius 3 is 2.81 bits per heavy atom. The number of hydrogen-bond acceptors (Lipinski definition) is 5. The summed E-state index contributed by atoms with van der Waals surface area (Å²) in [5.74, 6) is 2.98. The van der Waals surface area contributed by atoms with Crippen molar-refractivity contribution >= 4 is 18.3 Å². The third-order valence-corrected chi connectivity index (χ3v) is 5.75. The van der Waals surface area contributed by atoms with E-state index in [1.807, 2.05) is 18.2 Å². The Balaban J connectivity index is 0.00000196. The summed E-state index contributed by atoms with van der Waals surface area (Å²) in [6.45, 7) is 2.41. The van der Waals surface area contributed by atoms with Crippen molar-refractivity contribution in [2.24, 2.45) is 11.8 Å². The molecule has 4 atom stereocenters. The van der Waals surface area contributed by atoms with Gasteiger partial charge in [0.1, 0.15) is 0 Å². The van der Waals surface area contributed by atoms with Crippen LogP contribution < -0.4 is 20.1 Å². The SMILES string of the molecule is CO[C@H]1C[C@@H]2CNC[C@@H]2C[C@@H]1NC(=O)CCc1ccc2c(c1)OCO2.Cl. The lowest BCUT2D eigenvalue weighted by atomic mass is 9.77. The average Bonchev–Trinajstić information content (AvgIpc) is 3.27. The largest absolute Gasteiger partial charge is 0.454 e. The topological polar surface area (TPSA) is 68.8 Å². The smallest absolute Gasteiger partial charge is 0.231 e. The molecule has 1 aromatic rings. The highest BCUT2D eigenvalue weighted by atomic mass is 35.5. The Labute approximate surface area is 160 Å². The van der Waals surface area contributed by atoms with E-state index in [0.717, 1.165) is 43.0 Å². The monoisotopic (exact) mass is 382 g/mol. The predicted octanol–water partition coefficient (Wildman–Crippen LogP) is 1.90. The second kappa shape index (κ2) is 8.46. The standard InChI is InChI=1S/C19H26N2O4.ClH/c1-23-17-8-14-10-20-9-13(14)7-15(17)21-19(22)5-3-12-2-4-16-18(6-12)25-11-24-16;/h2,4,6,13-15,17,20H,3,5,7-11H2,1H3,(H,21,22);1H/t13-,14+,15-,17-;/m0./s1. The van der Waals surface area contributed by atoms with E-state index in [4.69, 9.17) is 14.2 Å². The van der Waals surface area contributed by atoms with Crippen LogP contribution in [-0.2, 0) is 16.0 Å². The predicted molar refractivity (Wildman–Crippen MR) is 99.9 cm³/mol. The highest BCUT2D eigenvalue weighted by Gasteiger charge is 2.40. The lowest BCUT2D eigenvalue weighted by Crippen LogP contribution is -2.50. The minimum absolute atomic E-state index is 0. The van der Waals surface area contributed by atoms with Crippen LogP contribution in [-0.4, -0.2) is 45.0 Å². The molecular weight excluding hydrogens is 356 g/mol. The maximum Gasteiger partial charge on any atom is 0.231 e. The number of fused-ring (bicyclic) bond motifs is 2. The van der Waals surface area contributed by atoms with Crippen LogP contribution in [0.3, 0.4) is 0 Å². The fourth-order valence-corrected chi connectivity index (χ4v) is 4.33.